The van der Waals surface area contributed by atoms with Crippen molar-refractivity contribution in [3.05, 3.63) is 0 Å². The van der Waals surface area contributed by atoms with Crippen molar-refractivity contribution in [3.8, 4) is 0 Å². The van der Waals surface area contributed by atoms with Gasteiger partial charge in [0.05, 0.1) is 25.4 Å². The molecule has 8 atom stereocenters. The molecule has 1 saturated heterocycles. The van der Waals surface area contributed by atoms with Gasteiger partial charge in [0.25, 0.3) is 0 Å². The molecule has 60 heavy (non-hydrogen) atoms. The van der Waals surface area contributed by atoms with E-state index < -0.39 is 55.6 Å². The standard InChI is InChI=1S/C50H99NO9/c1-3-5-7-9-11-13-15-16-17-18-19-20-21-22-23-24-25-26-27-29-31-33-35-37-39-45(54)51-42(41-59-50-49(58)48(57)47(56)44(40-52)60-50)46(55)43(53)38-36-34-32-30-28-14-12-10-8-6-4-2/h42-44,46-50,52-53,55-58H,3-41H2,1-2H3,(H,51,54)/t42-,43+,44+,46-,47-,48?,49?,50+/m0/s1. The highest BCUT2D eigenvalue weighted by atomic mass is 16.7. The van der Waals surface area contributed by atoms with Crippen LogP contribution in [-0.4, -0.2) is 98.7 Å². The molecule has 0 bridgehead atoms. The molecule has 0 radical (unpaired) electrons. The fourth-order valence-corrected chi connectivity index (χ4v) is 8.61. The zero-order chi connectivity index (χ0) is 43.9. The van der Waals surface area contributed by atoms with Gasteiger partial charge >= 0.3 is 0 Å². The van der Waals surface area contributed by atoms with Gasteiger partial charge in [0.2, 0.25) is 5.91 Å². The van der Waals surface area contributed by atoms with Crippen LogP contribution in [0.4, 0.5) is 0 Å². The third-order valence-electron chi connectivity index (χ3n) is 12.8. The highest BCUT2D eigenvalue weighted by Crippen LogP contribution is 2.23. The fourth-order valence-electron chi connectivity index (χ4n) is 8.61. The summed E-state index contributed by atoms with van der Waals surface area (Å²) in [7, 11) is 0. The van der Waals surface area contributed by atoms with Crippen LogP contribution in [0.3, 0.4) is 0 Å². The third-order valence-corrected chi connectivity index (χ3v) is 12.8. The summed E-state index contributed by atoms with van der Waals surface area (Å²) in [4.78, 5) is 13.0. The zero-order valence-electron chi connectivity index (χ0n) is 39.1. The van der Waals surface area contributed by atoms with Crippen molar-refractivity contribution < 1.29 is 44.9 Å². The quantitative estimate of drug-likeness (QED) is 0.0295. The van der Waals surface area contributed by atoms with Crippen LogP contribution in [0, 0.1) is 0 Å². The minimum Gasteiger partial charge on any atom is -0.394 e. The van der Waals surface area contributed by atoms with E-state index in [-0.39, 0.29) is 18.9 Å². The molecule has 1 aliphatic rings. The maximum absolute atomic E-state index is 13.0. The van der Waals surface area contributed by atoms with Gasteiger partial charge in [0, 0.05) is 6.42 Å². The van der Waals surface area contributed by atoms with E-state index >= 15 is 0 Å². The van der Waals surface area contributed by atoms with E-state index in [1.165, 1.54) is 180 Å². The molecule has 0 aliphatic carbocycles. The normalized spacial score (nSPS) is 21.0. The Balaban J connectivity index is 2.24. The lowest BCUT2D eigenvalue weighted by atomic mass is 9.98. The third kappa shape index (κ3) is 30.3. The molecule has 1 amide bonds. The number of unbranched alkanes of at least 4 members (excludes halogenated alkanes) is 33. The highest BCUT2D eigenvalue weighted by Gasteiger charge is 2.44. The molecule has 0 aromatic carbocycles. The van der Waals surface area contributed by atoms with Crippen molar-refractivity contribution in [2.24, 2.45) is 0 Å². The molecule has 1 fully saturated rings. The zero-order valence-corrected chi connectivity index (χ0v) is 39.1. The first-order chi connectivity index (χ1) is 29.3. The van der Waals surface area contributed by atoms with Crippen LogP contribution >= 0.6 is 0 Å². The summed E-state index contributed by atoms with van der Waals surface area (Å²) in [6.07, 6.45) is 35.5. The van der Waals surface area contributed by atoms with Crippen LogP contribution in [0.25, 0.3) is 0 Å². The first-order valence-corrected chi connectivity index (χ1v) is 25.8. The summed E-state index contributed by atoms with van der Waals surface area (Å²) in [5.74, 6) is -0.253. The monoisotopic (exact) mass is 858 g/mol. The van der Waals surface area contributed by atoms with Gasteiger partial charge in [-0.05, 0) is 12.8 Å². The second kappa shape index (κ2) is 40.9. The van der Waals surface area contributed by atoms with Crippen molar-refractivity contribution in [2.45, 2.75) is 300 Å². The van der Waals surface area contributed by atoms with Crippen LogP contribution in [0.15, 0.2) is 0 Å². The van der Waals surface area contributed by atoms with Crippen molar-refractivity contribution in [2.75, 3.05) is 13.2 Å². The predicted octanol–water partition coefficient (Wildman–Crippen LogP) is 10.5. The van der Waals surface area contributed by atoms with E-state index in [2.05, 4.69) is 19.2 Å². The number of hydrogen-bond donors (Lipinski definition) is 7. The first-order valence-electron chi connectivity index (χ1n) is 25.8. The summed E-state index contributed by atoms with van der Waals surface area (Å²) in [6, 6.07) is -0.984. The SMILES string of the molecule is CCCCCCCCCCCCCCCCCCCCCCCCCCC(=O)N[C@@H](CO[C@@H]1O[C@H](CO)[C@H](O)C(O)C1O)[C@H](O)[C@H](O)CCCCCCCCCCCCC. The largest absolute Gasteiger partial charge is 0.394 e. The van der Waals surface area contributed by atoms with Crippen molar-refractivity contribution >= 4 is 5.91 Å². The molecule has 1 aliphatic heterocycles. The number of carbonyl (C=O) groups excluding carboxylic acids is 1. The van der Waals surface area contributed by atoms with Gasteiger partial charge in [-0.15, -0.1) is 0 Å². The molecule has 358 valence electrons. The predicted molar refractivity (Wildman–Crippen MR) is 246 cm³/mol. The number of hydrogen-bond acceptors (Lipinski definition) is 9. The second-order valence-electron chi connectivity index (χ2n) is 18.5. The average Bonchev–Trinajstić information content (AvgIpc) is 3.25. The maximum atomic E-state index is 13.0. The number of nitrogens with one attached hydrogen (secondary N) is 1. The Morgan fingerprint density at radius 1 is 0.517 bits per heavy atom. The molecule has 10 nitrogen and oxygen atoms in total. The van der Waals surface area contributed by atoms with Crippen molar-refractivity contribution in [1.82, 2.24) is 5.32 Å². The van der Waals surface area contributed by atoms with E-state index in [4.69, 9.17) is 9.47 Å². The molecule has 0 aromatic heterocycles. The van der Waals surface area contributed by atoms with E-state index in [9.17, 15) is 35.4 Å². The summed E-state index contributed by atoms with van der Waals surface area (Å²) in [5, 5.41) is 65.2. The molecule has 7 N–H and O–H groups in total. The molecule has 0 spiro atoms. The first kappa shape index (κ1) is 57.2. The summed E-state index contributed by atoms with van der Waals surface area (Å²) < 4.78 is 11.2. The van der Waals surface area contributed by atoms with Gasteiger partial charge in [-0.2, -0.15) is 0 Å². The summed E-state index contributed by atoms with van der Waals surface area (Å²) in [6.45, 7) is 3.62. The Labute approximate surface area is 368 Å². The van der Waals surface area contributed by atoms with Crippen LogP contribution in [0.1, 0.15) is 251 Å². The summed E-state index contributed by atoms with van der Waals surface area (Å²) in [5.41, 5.74) is 0. The number of ether oxygens (including phenoxy) is 2. The molecule has 0 saturated carbocycles. The van der Waals surface area contributed by atoms with E-state index in [1.54, 1.807) is 0 Å². The number of aliphatic hydroxyl groups is 6. The lowest BCUT2D eigenvalue weighted by Crippen LogP contribution is -2.60. The molecule has 1 heterocycles. The van der Waals surface area contributed by atoms with Gasteiger partial charge in [-0.1, -0.05) is 232 Å². The van der Waals surface area contributed by atoms with Gasteiger partial charge in [0.1, 0.15) is 30.5 Å². The molecule has 1 rings (SSSR count). The Morgan fingerprint density at radius 3 is 1.23 bits per heavy atom. The maximum Gasteiger partial charge on any atom is 0.220 e. The molecule has 0 aromatic rings. The van der Waals surface area contributed by atoms with Crippen LogP contribution in [0.2, 0.25) is 0 Å². The van der Waals surface area contributed by atoms with Crippen molar-refractivity contribution in [3.63, 3.8) is 0 Å². The summed E-state index contributed by atoms with van der Waals surface area (Å²) >= 11 is 0. The minimum absolute atomic E-state index is 0.253. The molecular weight excluding hydrogens is 759 g/mol. The van der Waals surface area contributed by atoms with E-state index in [0.29, 0.717) is 6.42 Å². The van der Waals surface area contributed by atoms with Crippen LogP contribution < -0.4 is 5.32 Å². The minimum atomic E-state index is -1.60. The smallest absolute Gasteiger partial charge is 0.220 e. The van der Waals surface area contributed by atoms with Gasteiger partial charge in [-0.3, -0.25) is 4.79 Å². The van der Waals surface area contributed by atoms with Gasteiger partial charge < -0.3 is 45.4 Å². The number of rotatable bonds is 44. The van der Waals surface area contributed by atoms with Crippen LogP contribution in [-0.2, 0) is 14.3 Å². The van der Waals surface area contributed by atoms with Gasteiger partial charge in [-0.25, -0.2) is 0 Å². The lowest BCUT2D eigenvalue weighted by Gasteiger charge is -2.40. The average molecular weight is 858 g/mol. The number of amides is 1. The topological polar surface area (TPSA) is 169 Å². The number of aliphatic hydroxyl groups excluding tert-OH is 6. The Morgan fingerprint density at radius 2 is 0.867 bits per heavy atom. The second-order valence-corrected chi connectivity index (χ2v) is 18.5. The fraction of sp³-hybridized carbons (Fsp3) is 0.980. The van der Waals surface area contributed by atoms with Gasteiger partial charge in [0.15, 0.2) is 6.29 Å². The molecule has 10 heteroatoms. The van der Waals surface area contributed by atoms with Crippen LogP contribution in [0.5, 0.6) is 0 Å². The Hall–Kier alpha value is -0.850. The Kier molecular flexibility index (Phi) is 39.0. The number of carbonyl (C=O) groups is 1. The molecule has 2 unspecified atom stereocenters. The van der Waals surface area contributed by atoms with E-state index in [1.807, 2.05) is 0 Å². The lowest BCUT2D eigenvalue weighted by molar-refractivity contribution is -0.303. The van der Waals surface area contributed by atoms with E-state index in [0.717, 1.165) is 44.9 Å². The van der Waals surface area contributed by atoms with Crippen molar-refractivity contribution in [1.29, 1.82) is 0 Å². The molecular formula is C50H99NO9. The Bertz CT molecular complexity index is 926. The highest BCUT2D eigenvalue weighted by molar-refractivity contribution is 5.76.